The molecule has 2 aromatic rings. The van der Waals surface area contributed by atoms with Gasteiger partial charge in [-0.1, -0.05) is 32.9 Å². The van der Waals surface area contributed by atoms with Crippen molar-refractivity contribution in [2.24, 2.45) is 5.73 Å². The molecule has 0 radical (unpaired) electrons. The first kappa shape index (κ1) is 12.8. The van der Waals surface area contributed by atoms with Gasteiger partial charge >= 0.3 is 0 Å². The lowest BCUT2D eigenvalue weighted by Crippen LogP contribution is -2.12. The van der Waals surface area contributed by atoms with Gasteiger partial charge in [-0.2, -0.15) is 0 Å². The Morgan fingerprint density at radius 3 is 2.28 bits per heavy atom. The van der Waals surface area contributed by atoms with Crippen molar-refractivity contribution in [2.45, 2.75) is 39.2 Å². The first-order valence-electron chi connectivity index (χ1n) is 6.28. The summed E-state index contributed by atoms with van der Waals surface area (Å²) in [6.07, 6.45) is 3.63. The largest absolute Gasteiger partial charge is 0.323 e. The Morgan fingerprint density at radius 2 is 1.78 bits per heavy atom. The van der Waals surface area contributed by atoms with Crippen LogP contribution in [0.2, 0.25) is 0 Å². The highest BCUT2D eigenvalue weighted by atomic mass is 15.1. The van der Waals surface area contributed by atoms with Crippen LogP contribution >= 0.6 is 0 Å². The van der Waals surface area contributed by atoms with Crippen molar-refractivity contribution in [1.82, 2.24) is 9.55 Å². The minimum Gasteiger partial charge on any atom is -0.323 e. The highest BCUT2D eigenvalue weighted by Gasteiger charge is 2.14. The second-order valence-electron chi connectivity index (χ2n) is 5.77. The van der Waals surface area contributed by atoms with Gasteiger partial charge < -0.3 is 10.3 Å². The molecule has 3 heteroatoms. The summed E-state index contributed by atoms with van der Waals surface area (Å²) in [4.78, 5) is 4.17. The SMILES string of the molecule is CC(N)c1cncn1-c1ccc(C(C)(C)C)cc1. The number of benzene rings is 1. The second-order valence-corrected chi connectivity index (χ2v) is 5.77. The van der Waals surface area contributed by atoms with Crippen molar-refractivity contribution in [1.29, 1.82) is 0 Å². The average Bonchev–Trinajstić information content (AvgIpc) is 2.77. The Bertz CT molecular complexity index is 515. The number of nitrogens with zero attached hydrogens (tertiary/aromatic N) is 2. The molecule has 0 aliphatic rings. The second kappa shape index (κ2) is 4.58. The first-order valence-corrected chi connectivity index (χ1v) is 6.28. The molecule has 0 aliphatic heterocycles. The number of nitrogens with two attached hydrogens (primary N) is 1. The third-order valence-corrected chi connectivity index (χ3v) is 3.15. The van der Waals surface area contributed by atoms with Crippen molar-refractivity contribution in [2.75, 3.05) is 0 Å². The fraction of sp³-hybridized carbons (Fsp3) is 0.400. The number of hydrogen-bond acceptors (Lipinski definition) is 2. The zero-order valence-electron chi connectivity index (χ0n) is 11.5. The zero-order valence-corrected chi connectivity index (χ0v) is 11.5. The molecular weight excluding hydrogens is 222 g/mol. The summed E-state index contributed by atoms with van der Waals surface area (Å²) < 4.78 is 2.04. The maximum absolute atomic E-state index is 5.93. The van der Waals surface area contributed by atoms with Crippen LogP contribution in [0.1, 0.15) is 45.0 Å². The van der Waals surface area contributed by atoms with Gasteiger partial charge in [-0.05, 0) is 30.0 Å². The van der Waals surface area contributed by atoms with Gasteiger partial charge in [0.1, 0.15) is 0 Å². The summed E-state index contributed by atoms with van der Waals surface area (Å²) in [6.45, 7) is 8.61. The van der Waals surface area contributed by atoms with Crippen molar-refractivity contribution < 1.29 is 0 Å². The van der Waals surface area contributed by atoms with Crippen LogP contribution in [-0.4, -0.2) is 9.55 Å². The van der Waals surface area contributed by atoms with Gasteiger partial charge in [-0.15, -0.1) is 0 Å². The fourth-order valence-electron chi connectivity index (χ4n) is 1.98. The van der Waals surface area contributed by atoms with Crippen LogP contribution in [0.15, 0.2) is 36.8 Å². The molecule has 1 aromatic heterocycles. The molecule has 1 unspecified atom stereocenters. The molecule has 0 bridgehead atoms. The fourth-order valence-corrected chi connectivity index (χ4v) is 1.98. The first-order chi connectivity index (χ1) is 8.39. The van der Waals surface area contributed by atoms with Crippen LogP contribution in [0, 0.1) is 0 Å². The molecule has 1 heterocycles. The Balaban J connectivity index is 2.38. The highest BCUT2D eigenvalue weighted by molar-refractivity contribution is 5.38. The lowest BCUT2D eigenvalue weighted by molar-refractivity contribution is 0.590. The van der Waals surface area contributed by atoms with Crippen LogP contribution < -0.4 is 5.73 Å². The summed E-state index contributed by atoms with van der Waals surface area (Å²) in [5, 5.41) is 0. The number of imidazole rings is 1. The summed E-state index contributed by atoms with van der Waals surface area (Å²) in [7, 11) is 0. The lowest BCUT2D eigenvalue weighted by Gasteiger charge is -2.19. The molecule has 2 N–H and O–H groups in total. The van der Waals surface area contributed by atoms with E-state index in [1.54, 1.807) is 0 Å². The minimum absolute atomic E-state index is 0.0187. The van der Waals surface area contributed by atoms with Gasteiger partial charge in [-0.3, -0.25) is 0 Å². The number of hydrogen-bond donors (Lipinski definition) is 1. The van der Waals surface area contributed by atoms with E-state index in [2.05, 4.69) is 50.0 Å². The zero-order chi connectivity index (χ0) is 13.3. The monoisotopic (exact) mass is 243 g/mol. The van der Waals surface area contributed by atoms with E-state index in [1.807, 2.05) is 24.0 Å². The van der Waals surface area contributed by atoms with E-state index >= 15 is 0 Å². The van der Waals surface area contributed by atoms with Gasteiger partial charge in [-0.25, -0.2) is 4.98 Å². The predicted molar refractivity (Wildman–Crippen MR) is 74.9 cm³/mol. The molecule has 3 nitrogen and oxygen atoms in total. The molecule has 0 fully saturated rings. The summed E-state index contributed by atoms with van der Waals surface area (Å²) >= 11 is 0. The smallest absolute Gasteiger partial charge is 0.0994 e. The predicted octanol–water partition coefficient (Wildman–Crippen LogP) is 3.19. The highest BCUT2D eigenvalue weighted by Crippen LogP contribution is 2.24. The van der Waals surface area contributed by atoms with Gasteiger partial charge in [0.2, 0.25) is 0 Å². The Hall–Kier alpha value is -1.61. The van der Waals surface area contributed by atoms with Gasteiger partial charge in [0.05, 0.1) is 18.2 Å². The minimum atomic E-state index is -0.0187. The number of aromatic nitrogens is 2. The molecule has 18 heavy (non-hydrogen) atoms. The Kier molecular flexibility index (Phi) is 3.26. The molecule has 96 valence electrons. The summed E-state index contributed by atoms with van der Waals surface area (Å²) in [6, 6.07) is 8.55. The van der Waals surface area contributed by atoms with Crippen LogP contribution in [0.5, 0.6) is 0 Å². The van der Waals surface area contributed by atoms with E-state index < -0.39 is 0 Å². The molecular formula is C15H21N3. The molecule has 0 amide bonds. The van der Waals surface area contributed by atoms with Gasteiger partial charge in [0, 0.05) is 11.7 Å². The van der Waals surface area contributed by atoms with E-state index in [4.69, 9.17) is 5.73 Å². The van der Waals surface area contributed by atoms with Crippen LogP contribution in [0.3, 0.4) is 0 Å². The lowest BCUT2D eigenvalue weighted by atomic mass is 9.87. The Labute approximate surface area is 109 Å². The van der Waals surface area contributed by atoms with E-state index in [0.29, 0.717) is 0 Å². The Morgan fingerprint density at radius 1 is 1.17 bits per heavy atom. The molecule has 0 aliphatic carbocycles. The van der Waals surface area contributed by atoms with E-state index in [-0.39, 0.29) is 11.5 Å². The molecule has 0 saturated carbocycles. The average molecular weight is 243 g/mol. The van der Waals surface area contributed by atoms with Crippen molar-refractivity contribution in [3.8, 4) is 5.69 Å². The summed E-state index contributed by atoms with van der Waals surface area (Å²) in [5.74, 6) is 0. The molecule has 0 spiro atoms. The van der Waals surface area contributed by atoms with E-state index in [9.17, 15) is 0 Å². The van der Waals surface area contributed by atoms with Crippen LogP contribution in [0.4, 0.5) is 0 Å². The van der Waals surface area contributed by atoms with E-state index in [0.717, 1.165) is 11.4 Å². The molecule has 1 atom stereocenters. The standard InChI is InChI=1S/C15H21N3/c1-11(16)14-9-17-10-18(14)13-7-5-12(6-8-13)15(2,3)4/h5-11H,16H2,1-4H3. The van der Waals surface area contributed by atoms with E-state index in [1.165, 1.54) is 5.56 Å². The summed E-state index contributed by atoms with van der Waals surface area (Å²) in [5.41, 5.74) is 9.57. The van der Waals surface area contributed by atoms with Crippen molar-refractivity contribution in [3.63, 3.8) is 0 Å². The maximum Gasteiger partial charge on any atom is 0.0994 e. The van der Waals surface area contributed by atoms with Gasteiger partial charge in [0.25, 0.3) is 0 Å². The normalized spacial score (nSPS) is 13.6. The third-order valence-electron chi connectivity index (χ3n) is 3.15. The molecule has 2 rings (SSSR count). The van der Waals surface area contributed by atoms with Crippen molar-refractivity contribution in [3.05, 3.63) is 48.0 Å². The van der Waals surface area contributed by atoms with Crippen molar-refractivity contribution >= 4 is 0 Å². The maximum atomic E-state index is 5.93. The molecule has 1 aromatic carbocycles. The topological polar surface area (TPSA) is 43.8 Å². The van der Waals surface area contributed by atoms with Crippen LogP contribution in [-0.2, 0) is 5.41 Å². The third kappa shape index (κ3) is 2.46. The number of rotatable bonds is 2. The van der Waals surface area contributed by atoms with Gasteiger partial charge in [0.15, 0.2) is 0 Å². The quantitative estimate of drug-likeness (QED) is 0.880. The molecule has 0 saturated heterocycles. The van der Waals surface area contributed by atoms with Crippen LogP contribution in [0.25, 0.3) is 5.69 Å².